The maximum absolute atomic E-state index is 11.9. The second-order valence-corrected chi connectivity index (χ2v) is 4.98. The molecule has 1 N–H and O–H groups in total. The molecule has 0 aromatic rings. The summed E-state index contributed by atoms with van der Waals surface area (Å²) in [7, 11) is 0. The summed E-state index contributed by atoms with van der Waals surface area (Å²) < 4.78 is 11.5. The van der Waals surface area contributed by atoms with Gasteiger partial charge in [-0.05, 0) is 32.6 Å². The summed E-state index contributed by atoms with van der Waals surface area (Å²) in [5, 5.41) is 8.18. The Kier molecular flexibility index (Phi) is 4.95. The van der Waals surface area contributed by atoms with E-state index in [1.807, 2.05) is 0 Å². The zero-order valence-corrected chi connectivity index (χ0v) is 10.6. The molecule has 0 bridgehead atoms. The van der Waals surface area contributed by atoms with Crippen LogP contribution >= 0.6 is 24.9 Å². The van der Waals surface area contributed by atoms with Gasteiger partial charge in [0.15, 0.2) is 0 Å². The quantitative estimate of drug-likeness (QED) is 0.405. The summed E-state index contributed by atoms with van der Waals surface area (Å²) in [5.41, 5.74) is 0. The Morgan fingerprint density at radius 3 is 3.19 bits per heavy atom. The summed E-state index contributed by atoms with van der Waals surface area (Å²) in [4.78, 5) is 24.8. The molecule has 1 fully saturated rings. The fourth-order valence-corrected chi connectivity index (χ4v) is 2.51. The zero-order valence-electron chi connectivity index (χ0n) is 9.92. The number of carbonyl (C=O) groups excluding carboxylic acids is 2. The highest BCUT2D eigenvalue weighted by molar-refractivity contribution is 8.02. The van der Waals surface area contributed by atoms with Gasteiger partial charge in [0.25, 0.3) is 0 Å². The molecule has 0 spiro atoms. The van der Waals surface area contributed by atoms with Crippen LogP contribution in [-0.4, -0.2) is 40.8 Å². The molecule has 1 heterocycles. The molecule has 0 aromatic heterocycles. The number of aliphatic hydroxyl groups is 1. The van der Waals surface area contributed by atoms with Crippen molar-refractivity contribution in [2.24, 2.45) is 0 Å². The molecule has 1 rings (SSSR count). The van der Waals surface area contributed by atoms with Gasteiger partial charge in [-0.25, -0.2) is 3.63 Å². The van der Waals surface area contributed by atoms with E-state index in [9.17, 15) is 9.59 Å². The molecule has 1 aliphatic heterocycles. The molecule has 1 aliphatic rings. The first-order valence-corrected chi connectivity index (χ1v) is 6.17. The number of imide groups is 1. The molecule has 5 nitrogen and oxygen atoms in total. The first-order valence-electron chi connectivity index (χ1n) is 5.44. The van der Waals surface area contributed by atoms with Crippen LogP contribution in [0.2, 0.25) is 0 Å². The summed E-state index contributed by atoms with van der Waals surface area (Å²) in [6, 6.07) is -0.198. The minimum absolute atomic E-state index is 0.0529. The second-order valence-electron chi connectivity index (χ2n) is 3.67. The predicted molar refractivity (Wildman–Crippen MR) is 63.7 cm³/mol. The summed E-state index contributed by atoms with van der Waals surface area (Å²) in [6.07, 6.45) is 1.28. The molecule has 0 saturated carbocycles. The lowest BCUT2D eigenvalue weighted by molar-refractivity contribution is -0.140. The minimum Gasteiger partial charge on any atom is -0.396 e. The Morgan fingerprint density at radius 2 is 2.56 bits per heavy atom. The van der Waals surface area contributed by atoms with Crippen molar-refractivity contribution >= 4 is 36.7 Å². The van der Waals surface area contributed by atoms with Gasteiger partial charge >= 0.3 is 0 Å². The lowest BCUT2D eigenvalue weighted by Gasteiger charge is -2.22. The Balaban J connectivity index is 2.55. The smallest absolute Gasteiger partial charge is 0.245 e. The highest BCUT2D eigenvalue weighted by Gasteiger charge is 2.41. The van der Waals surface area contributed by atoms with Crippen LogP contribution in [-0.2, 0) is 13.2 Å². The van der Waals surface area contributed by atoms with E-state index in [0.29, 0.717) is 25.7 Å². The van der Waals surface area contributed by atoms with Gasteiger partial charge in [0.05, 0.1) is 6.42 Å². The second kappa shape index (κ2) is 6.48. The predicted octanol–water partition coefficient (Wildman–Crippen LogP) is 0.784. The number of amides is 2. The van der Waals surface area contributed by atoms with Gasteiger partial charge < -0.3 is 5.11 Å². The van der Waals surface area contributed by atoms with E-state index in [-0.39, 0.29) is 30.9 Å². The topological polar surface area (TPSA) is 66.8 Å². The van der Waals surface area contributed by atoms with Crippen molar-refractivity contribution in [2.75, 3.05) is 6.61 Å². The number of rotatable bonds is 7. The van der Waals surface area contributed by atoms with Crippen molar-refractivity contribution in [3.63, 3.8) is 0 Å². The summed E-state index contributed by atoms with van der Waals surface area (Å²) >= 11 is 1.27. The van der Waals surface area contributed by atoms with Crippen LogP contribution in [0.4, 0.5) is 0 Å². The number of hydrogen-bond donors (Lipinski definition) is 2. The zero-order chi connectivity index (χ0) is 12.8. The maximum atomic E-state index is 11.9. The summed E-state index contributed by atoms with van der Waals surface area (Å²) in [6.45, 7) is 1.84. The monoisotopic (exact) mass is 267 g/mol. The summed E-state index contributed by atoms with van der Waals surface area (Å²) in [5.74, 6) is -0.476. The molecule has 0 aromatic carbocycles. The van der Waals surface area contributed by atoms with Gasteiger partial charge in [-0.2, -0.15) is 0 Å². The third-order valence-corrected chi connectivity index (χ3v) is 3.43. The molecule has 2 atom stereocenters. The van der Waals surface area contributed by atoms with Crippen LogP contribution in [0.1, 0.15) is 26.2 Å². The normalized spacial score (nSPS) is 23.8. The average molecular weight is 267 g/mol. The Bertz CT molecular complexity index is 292. The molecule has 16 heavy (non-hydrogen) atoms. The van der Waals surface area contributed by atoms with E-state index >= 15 is 0 Å². The van der Waals surface area contributed by atoms with Gasteiger partial charge in [-0.15, -0.1) is 0 Å². The van der Waals surface area contributed by atoms with Crippen LogP contribution in [0, 0.1) is 0 Å². The fourth-order valence-electron chi connectivity index (χ4n) is 1.72. The Hall–Kier alpha value is -0.240. The standard InChI is InChI=1S/C9H15NO4S2/c1-6(3-2-4-11)10-8(12)5-7(9(10)13)16-14-15/h6-7,11,15H,2-5H2,1H3/i/hT. The van der Waals surface area contributed by atoms with E-state index in [1.54, 1.807) is 6.92 Å². The molecule has 1 saturated heterocycles. The third-order valence-electron chi connectivity index (χ3n) is 2.52. The minimum atomic E-state index is -0.545. The van der Waals surface area contributed by atoms with Gasteiger partial charge in [0, 0.05) is 24.7 Å². The molecule has 0 aliphatic carbocycles. The lowest BCUT2D eigenvalue weighted by Crippen LogP contribution is -2.39. The molecule has 0 radical (unpaired) electrons. The molecule has 7 heteroatoms. The van der Waals surface area contributed by atoms with Gasteiger partial charge in [-0.3, -0.25) is 14.5 Å². The number of hydrogen-bond acceptors (Lipinski definition) is 6. The van der Waals surface area contributed by atoms with Crippen molar-refractivity contribution in [1.82, 2.24) is 4.90 Å². The molecular weight excluding hydrogens is 250 g/mol. The van der Waals surface area contributed by atoms with E-state index in [1.165, 1.54) is 4.90 Å². The number of likely N-dealkylation sites (tertiary alicyclic amines) is 1. The van der Waals surface area contributed by atoms with E-state index in [0.717, 1.165) is 12.0 Å². The first kappa shape index (κ1) is 12.2. The van der Waals surface area contributed by atoms with E-state index in [4.69, 9.17) is 9.86 Å². The number of thiol groups is 1. The van der Waals surface area contributed by atoms with Crippen LogP contribution in [0.3, 0.4) is 0 Å². The van der Waals surface area contributed by atoms with Crippen molar-refractivity contribution in [2.45, 2.75) is 37.5 Å². The van der Waals surface area contributed by atoms with Crippen LogP contribution in [0.15, 0.2) is 0 Å². The Labute approximate surface area is 105 Å². The van der Waals surface area contributed by atoms with Gasteiger partial charge in [0.1, 0.15) is 6.37 Å². The van der Waals surface area contributed by atoms with E-state index < -0.39 is 5.25 Å². The number of carbonyl (C=O) groups is 2. The van der Waals surface area contributed by atoms with Crippen molar-refractivity contribution in [3.05, 3.63) is 0 Å². The Morgan fingerprint density at radius 1 is 1.81 bits per heavy atom. The van der Waals surface area contributed by atoms with Gasteiger partial charge in [0.2, 0.25) is 11.8 Å². The molecule has 2 amide bonds. The molecule has 2 unspecified atom stereocenters. The number of aliphatic hydroxyl groups excluding tert-OH is 1. The highest BCUT2D eigenvalue weighted by atomic mass is 32.2. The lowest BCUT2D eigenvalue weighted by atomic mass is 10.1. The van der Waals surface area contributed by atoms with Gasteiger partial charge in [-0.1, -0.05) is 0 Å². The number of nitrogens with zero attached hydrogens (tertiary/aromatic N) is 1. The largest absolute Gasteiger partial charge is 0.396 e. The molecular formula is C9H15NO4S2. The molecule has 92 valence electrons. The van der Waals surface area contributed by atoms with Crippen molar-refractivity contribution in [3.8, 4) is 0 Å². The van der Waals surface area contributed by atoms with Crippen LogP contribution in [0.25, 0.3) is 0 Å². The highest BCUT2D eigenvalue weighted by Crippen LogP contribution is 2.28. The first-order chi connectivity index (χ1) is 8.11. The van der Waals surface area contributed by atoms with E-state index in [2.05, 4.69) is 0 Å². The fraction of sp³-hybridized carbons (Fsp3) is 0.778. The van der Waals surface area contributed by atoms with Crippen LogP contribution < -0.4 is 0 Å². The van der Waals surface area contributed by atoms with Crippen molar-refractivity contribution < 1.29 is 18.3 Å². The maximum Gasteiger partial charge on any atom is 0.245 e. The van der Waals surface area contributed by atoms with Crippen molar-refractivity contribution in [1.29, 1.82) is 1.12 Å². The average Bonchev–Trinajstić information content (AvgIpc) is 2.59. The van der Waals surface area contributed by atoms with Crippen LogP contribution in [0.5, 0.6) is 0 Å². The SMILES string of the molecule is [3H]SOSC1CC(=O)N(C(C)CCCO)C1=O. The third kappa shape index (κ3) is 3.13.